The Labute approximate surface area is 131 Å². The molecule has 0 aliphatic carbocycles. The molecule has 0 saturated heterocycles. The van der Waals surface area contributed by atoms with Crippen molar-refractivity contribution in [2.45, 2.75) is 0 Å². The maximum Gasteiger partial charge on any atom is 0.271 e. The number of anilines is 1. The summed E-state index contributed by atoms with van der Waals surface area (Å²) in [7, 11) is 1.54. The Morgan fingerprint density at radius 1 is 1.41 bits per heavy atom. The van der Waals surface area contributed by atoms with Crippen LogP contribution >= 0.6 is 11.6 Å². The second-order valence-corrected chi connectivity index (χ2v) is 4.93. The fourth-order valence-corrected chi connectivity index (χ4v) is 2.34. The van der Waals surface area contributed by atoms with Gasteiger partial charge in [0.15, 0.2) is 11.5 Å². The van der Waals surface area contributed by atoms with Crippen LogP contribution in [0.1, 0.15) is 10.5 Å². The van der Waals surface area contributed by atoms with Crippen molar-refractivity contribution in [2.24, 2.45) is 0 Å². The van der Waals surface area contributed by atoms with Crippen LogP contribution in [0.3, 0.4) is 0 Å². The fourth-order valence-electron chi connectivity index (χ4n) is 2.11. The van der Waals surface area contributed by atoms with Crippen molar-refractivity contribution in [1.82, 2.24) is 25.1 Å². The summed E-state index contributed by atoms with van der Waals surface area (Å²) in [6.07, 6.45) is 1.41. The van der Waals surface area contributed by atoms with E-state index in [9.17, 15) is 4.79 Å². The zero-order valence-corrected chi connectivity index (χ0v) is 12.4. The van der Waals surface area contributed by atoms with Crippen LogP contribution in [0.2, 0.25) is 5.02 Å². The molecular weight excluding hydrogens is 304 g/mol. The highest BCUT2D eigenvalue weighted by Crippen LogP contribution is 2.28. The highest BCUT2D eigenvalue weighted by atomic mass is 35.5. The molecule has 0 radical (unpaired) electrons. The van der Waals surface area contributed by atoms with Gasteiger partial charge < -0.3 is 16.0 Å². The Kier molecular flexibility index (Phi) is 3.56. The predicted molar refractivity (Wildman–Crippen MR) is 84.0 cm³/mol. The molecule has 2 aromatic heterocycles. The number of benzene rings is 1. The molecule has 0 atom stereocenters. The van der Waals surface area contributed by atoms with Crippen LogP contribution in [0.4, 0.5) is 5.82 Å². The minimum absolute atomic E-state index is 0.281. The molecule has 2 heterocycles. The van der Waals surface area contributed by atoms with Crippen LogP contribution in [-0.2, 0) is 0 Å². The number of hydrogen-bond acceptors (Lipinski definition) is 4. The average Bonchev–Trinajstić information content (AvgIpc) is 3.13. The molecule has 0 saturated carbocycles. The number of carbonyl (C=O) groups excluding carboxylic acids is 1. The van der Waals surface area contributed by atoms with Crippen molar-refractivity contribution < 1.29 is 4.79 Å². The molecule has 4 N–H and O–H groups in total. The Morgan fingerprint density at radius 3 is 2.91 bits per heavy atom. The number of imidazole rings is 1. The maximum atomic E-state index is 11.8. The lowest BCUT2D eigenvalue weighted by Crippen LogP contribution is -2.20. The van der Waals surface area contributed by atoms with Crippen LogP contribution in [-0.4, -0.2) is 32.7 Å². The van der Waals surface area contributed by atoms with Crippen molar-refractivity contribution in [3.63, 3.8) is 0 Å². The Bertz CT molecular complexity index is 837. The molecular formula is C14H13ClN6O. The molecule has 0 bridgehead atoms. The van der Waals surface area contributed by atoms with Gasteiger partial charge in [-0.05, 0) is 6.07 Å². The van der Waals surface area contributed by atoms with E-state index < -0.39 is 0 Å². The predicted octanol–water partition coefficient (Wildman–Crippen LogP) is 1.86. The monoisotopic (exact) mass is 316 g/mol. The average molecular weight is 317 g/mol. The maximum absolute atomic E-state index is 11.8. The number of amides is 1. The number of nitrogen functional groups attached to an aromatic ring is 1. The molecule has 3 aromatic rings. The van der Waals surface area contributed by atoms with Gasteiger partial charge >= 0.3 is 0 Å². The molecule has 1 aromatic carbocycles. The Morgan fingerprint density at radius 2 is 2.18 bits per heavy atom. The molecule has 0 spiro atoms. The van der Waals surface area contributed by atoms with E-state index in [2.05, 4.69) is 20.4 Å². The second kappa shape index (κ2) is 5.53. The molecule has 3 rings (SSSR count). The summed E-state index contributed by atoms with van der Waals surface area (Å²) in [5.41, 5.74) is 7.64. The molecule has 0 aliphatic rings. The molecule has 0 aliphatic heterocycles. The van der Waals surface area contributed by atoms with Gasteiger partial charge in [0, 0.05) is 18.7 Å². The largest absolute Gasteiger partial charge is 0.384 e. The van der Waals surface area contributed by atoms with Gasteiger partial charge in [-0.2, -0.15) is 9.78 Å². The lowest BCUT2D eigenvalue weighted by molar-refractivity contribution is 0.0958. The number of nitrogens with one attached hydrogen (secondary N) is 2. The van der Waals surface area contributed by atoms with E-state index >= 15 is 0 Å². The summed E-state index contributed by atoms with van der Waals surface area (Å²) < 4.78 is 1.40. The first-order valence-corrected chi connectivity index (χ1v) is 6.86. The minimum Gasteiger partial charge on any atom is -0.384 e. The van der Waals surface area contributed by atoms with Crippen molar-refractivity contribution in [3.8, 4) is 17.1 Å². The first kappa shape index (κ1) is 14.2. The number of nitrogens with two attached hydrogens (primary N) is 1. The summed E-state index contributed by atoms with van der Waals surface area (Å²) in [5.74, 6) is 0.379. The smallest absolute Gasteiger partial charge is 0.271 e. The molecule has 0 unspecified atom stereocenters. The van der Waals surface area contributed by atoms with Crippen LogP contribution < -0.4 is 11.1 Å². The van der Waals surface area contributed by atoms with Gasteiger partial charge in [-0.25, -0.2) is 4.98 Å². The van der Waals surface area contributed by atoms with Crippen LogP contribution in [0.25, 0.3) is 17.1 Å². The van der Waals surface area contributed by atoms with E-state index in [0.29, 0.717) is 22.4 Å². The molecule has 8 heteroatoms. The highest BCUT2D eigenvalue weighted by molar-refractivity contribution is 6.33. The van der Waals surface area contributed by atoms with Gasteiger partial charge in [0.1, 0.15) is 5.82 Å². The summed E-state index contributed by atoms with van der Waals surface area (Å²) in [4.78, 5) is 18.7. The number of rotatable bonds is 3. The summed E-state index contributed by atoms with van der Waals surface area (Å²) >= 11 is 6.17. The third-order valence-electron chi connectivity index (χ3n) is 3.16. The summed E-state index contributed by atoms with van der Waals surface area (Å²) in [6.45, 7) is 0. The first-order valence-electron chi connectivity index (χ1n) is 6.48. The Hall–Kier alpha value is -2.80. The van der Waals surface area contributed by atoms with Crippen LogP contribution in [0, 0.1) is 0 Å². The third kappa shape index (κ3) is 2.31. The first-order chi connectivity index (χ1) is 10.6. The van der Waals surface area contributed by atoms with Crippen molar-refractivity contribution >= 4 is 23.3 Å². The quantitative estimate of drug-likeness (QED) is 0.686. The van der Waals surface area contributed by atoms with E-state index in [1.807, 2.05) is 18.2 Å². The van der Waals surface area contributed by atoms with Crippen molar-refractivity contribution in [3.05, 3.63) is 47.4 Å². The van der Waals surface area contributed by atoms with E-state index in [4.69, 9.17) is 17.3 Å². The Balaban J connectivity index is 2.10. The van der Waals surface area contributed by atoms with Gasteiger partial charge in [0.05, 0.1) is 17.0 Å². The topological polar surface area (TPSA) is 102 Å². The molecule has 7 nitrogen and oxygen atoms in total. The number of carbonyl (C=O) groups is 1. The molecule has 22 heavy (non-hydrogen) atoms. The third-order valence-corrected chi connectivity index (χ3v) is 3.49. The molecule has 112 valence electrons. The number of halogens is 1. The normalized spacial score (nSPS) is 10.6. The van der Waals surface area contributed by atoms with Gasteiger partial charge in [-0.1, -0.05) is 29.8 Å². The number of H-pyrrole nitrogens is 1. The number of nitrogens with zero attached hydrogens (tertiary/aromatic N) is 3. The van der Waals surface area contributed by atoms with Gasteiger partial charge in [0.2, 0.25) is 0 Å². The molecule has 1 amide bonds. The van der Waals surface area contributed by atoms with E-state index in [1.54, 1.807) is 12.1 Å². The lowest BCUT2D eigenvalue weighted by atomic mass is 10.1. The van der Waals surface area contributed by atoms with Gasteiger partial charge in [-0.3, -0.25) is 4.79 Å². The number of aromatic amines is 1. The van der Waals surface area contributed by atoms with Crippen LogP contribution in [0.15, 0.2) is 36.7 Å². The summed E-state index contributed by atoms with van der Waals surface area (Å²) in [6, 6.07) is 9.00. The van der Waals surface area contributed by atoms with Crippen molar-refractivity contribution in [2.75, 3.05) is 12.8 Å². The second-order valence-electron chi connectivity index (χ2n) is 4.53. The van der Waals surface area contributed by atoms with Gasteiger partial charge in [0.25, 0.3) is 5.91 Å². The number of aromatic nitrogens is 4. The standard InChI is InChI=1S/C14H13ClN6O/c1-17-14(22)12-13(19-7-18-12)21-11(16)6-10(20-21)8-4-2-3-5-9(8)15/h2-7H,16H2,1H3,(H,17,22)(H,18,19). The van der Waals surface area contributed by atoms with Crippen LogP contribution in [0.5, 0.6) is 0 Å². The van der Waals surface area contributed by atoms with Crippen molar-refractivity contribution in [1.29, 1.82) is 0 Å². The SMILES string of the molecule is CNC(=O)c1[nH]cnc1-n1nc(-c2ccccc2Cl)cc1N. The summed E-state index contributed by atoms with van der Waals surface area (Å²) in [5, 5.41) is 7.51. The highest BCUT2D eigenvalue weighted by Gasteiger charge is 2.19. The lowest BCUT2D eigenvalue weighted by Gasteiger charge is -2.03. The van der Waals surface area contributed by atoms with Gasteiger partial charge in [-0.15, -0.1) is 0 Å². The zero-order chi connectivity index (χ0) is 15.7. The van der Waals surface area contributed by atoms with E-state index in [1.165, 1.54) is 18.1 Å². The van der Waals surface area contributed by atoms with E-state index in [-0.39, 0.29) is 11.6 Å². The molecule has 0 fully saturated rings. The minimum atomic E-state index is -0.304. The number of hydrogen-bond donors (Lipinski definition) is 3. The zero-order valence-electron chi connectivity index (χ0n) is 11.7. The fraction of sp³-hybridized carbons (Fsp3) is 0.0714. The van der Waals surface area contributed by atoms with E-state index in [0.717, 1.165) is 5.56 Å².